The fourth-order valence-corrected chi connectivity index (χ4v) is 5.36. The Balaban J connectivity index is 1.48. The molecule has 0 saturated carbocycles. The molecule has 4 aromatic carbocycles. The average Bonchev–Trinajstić information content (AvgIpc) is 2.93. The van der Waals surface area contributed by atoms with Crippen LogP contribution >= 0.6 is 58.2 Å². The summed E-state index contributed by atoms with van der Waals surface area (Å²) in [6.45, 7) is 0. The SMILES string of the molecule is O=C(CSc1cccc(NC(=O)/C(=C\c2c(Cl)cccc2Cl)NC(=O)c2ccccc2)c1)Nc1cc(Cl)cc(Cl)c1. The highest BCUT2D eigenvalue weighted by atomic mass is 35.5. The summed E-state index contributed by atoms with van der Waals surface area (Å²) >= 11 is 25.9. The fraction of sp³-hybridized carbons (Fsp3) is 0.0333. The first-order valence-corrected chi connectivity index (χ1v) is 14.5. The maximum absolute atomic E-state index is 13.4. The van der Waals surface area contributed by atoms with E-state index in [0.717, 1.165) is 4.90 Å². The van der Waals surface area contributed by atoms with Crippen LogP contribution in [0.15, 0.2) is 102 Å². The highest BCUT2D eigenvalue weighted by Crippen LogP contribution is 2.28. The molecule has 0 radical (unpaired) electrons. The molecule has 0 spiro atoms. The molecule has 41 heavy (non-hydrogen) atoms. The molecule has 0 aliphatic heterocycles. The second-order valence-corrected chi connectivity index (χ2v) is 11.2. The van der Waals surface area contributed by atoms with Gasteiger partial charge in [0.2, 0.25) is 5.91 Å². The van der Waals surface area contributed by atoms with Crippen LogP contribution in [0.5, 0.6) is 0 Å². The van der Waals surface area contributed by atoms with Gasteiger partial charge in [-0.25, -0.2) is 0 Å². The van der Waals surface area contributed by atoms with Gasteiger partial charge in [0.25, 0.3) is 11.8 Å². The van der Waals surface area contributed by atoms with Crippen LogP contribution in [0.25, 0.3) is 6.08 Å². The van der Waals surface area contributed by atoms with E-state index in [-0.39, 0.29) is 17.4 Å². The highest BCUT2D eigenvalue weighted by molar-refractivity contribution is 8.00. The summed E-state index contributed by atoms with van der Waals surface area (Å²) in [5, 5.41) is 9.65. The van der Waals surface area contributed by atoms with Crippen molar-refractivity contribution in [3.8, 4) is 0 Å². The molecule has 0 fully saturated rings. The van der Waals surface area contributed by atoms with Crippen molar-refractivity contribution in [1.82, 2.24) is 5.32 Å². The minimum Gasteiger partial charge on any atom is -0.325 e. The number of benzene rings is 4. The summed E-state index contributed by atoms with van der Waals surface area (Å²) in [7, 11) is 0. The number of hydrogen-bond acceptors (Lipinski definition) is 4. The smallest absolute Gasteiger partial charge is 0.272 e. The Morgan fingerprint density at radius 3 is 2.05 bits per heavy atom. The first-order valence-electron chi connectivity index (χ1n) is 12.0. The first kappa shape index (κ1) is 30.5. The van der Waals surface area contributed by atoms with Gasteiger partial charge in [-0.3, -0.25) is 14.4 Å². The van der Waals surface area contributed by atoms with Crippen molar-refractivity contribution >= 4 is 93.3 Å². The molecular weight excluding hydrogens is 624 g/mol. The molecule has 0 atom stereocenters. The van der Waals surface area contributed by atoms with E-state index in [0.29, 0.717) is 42.6 Å². The zero-order valence-electron chi connectivity index (χ0n) is 21.1. The molecule has 0 bridgehead atoms. The highest BCUT2D eigenvalue weighted by Gasteiger charge is 2.17. The van der Waals surface area contributed by atoms with Crippen LogP contribution in [0.2, 0.25) is 20.1 Å². The molecule has 208 valence electrons. The molecule has 0 heterocycles. The number of carbonyl (C=O) groups is 3. The van der Waals surface area contributed by atoms with Gasteiger partial charge in [-0.1, -0.05) is 76.7 Å². The van der Waals surface area contributed by atoms with Crippen molar-refractivity contribution in [1.29, 1.82) is 0 Å². The summed E-state index contributed by atoms with van der Waals surface area (Å²) in [5.74, 6) is -1.23. The maximum Gasteiger partial charge on any atom is 0.272 e. The third-order valence-corrected chi connectivity index (χ3v) is 7.51. The second-order valence-electron chi connectivity index (χ2n) is 8.49. The Kier molecular flexibility index (Phi) is 10.7. The van der Waals surface area contributed by atoms with Gasteiger partial charge in [0.05, 0.1) is 5.75 Å². The summed E-state index contributed by atoms with van der Waals surface area (Å²) in [6, 6.07) is 25.1. The van der Waals surface area contributed by atoms with Crippen molar-refractivity contribution < 1.29 is 14.4 Å². The molecule has 3 amide bonds. The fourth-order valence-electron chi connectivity index (χ4n) is 3.57. The van der Waals surface area contributed by atoms with Gasteiger partial charge < -0.3 is 16.0 Å². The number of amides is 3. The third kappa shape index (κ3) is 9.01. The van der Waals surface area contributed by atoms with Gasteiger partial charge in [0.15, 0.2) is 0 Å². The lowest BCUT2D eigenvalue weighted by molar-refractivity contribution is -0.114. The van der Waals surface area contributed by atoms with E-state index in [9.17, 15) is 14.4 Å². The van der Waals surface area contributed by atoms with Crippen molar-refractivity contribution in [2.45, 2.75) is 4.90 Å². The van der Waals surface area contributed by atoms with Gasteiger partial charge >= 0.3 is 0 Å². The molecular formula is C30H21Cl4N3O3S. The molecule has 3 N–H and O–H groups in total. The number of halogens is 4. The van der Waals surface area contributed by atoms with Crippen LogP contribution < -0.4 is 16.0 Å². The number of carbonyl (C=O) groups excluding carboxylic acids is 3. The largest absolute Gasteiger partial charge is 0.325 e. The standard InChI is InChI=1S/C30H21Cl4N3O3S/c31-19-12-20(32)14-22(13-19)35-28(38)17-41-23-9-4-8-21(15-23)36-30(40)27(16-24-25(33)10-5-11-26(24)34)37-29(39)18-6-2-1-3-7-18/h1-16H,17H2,(H,35,38)(H,36,40)(H,37,39)/b27-16+. The Hall–Kier alpha value is -3.46. The Morgan fingerprint density at radius 1 is 0.707 bits per heavy atom. The maximum atomic E-state index is 13.4. The van der Waals surface area contributed by atoms with Crippen molar-refractivity contribution in [3.05, 3.63) is 128 Å². The van der Waals surface area contributed by atoms with Gasteiger partial charge in [-0.2, -0.15) is 0 Å². The van der Waals surface area contributed by atoms with Crippen molar-refractivity contribution in [3.63, 3.8) is 0 Å². The molecule has 0 aromatic heterocycles. The number of thioether (sulfide) groups is 1. The monoisotopic (exact) mass is 643 g/mol. The third-order valence-electron chi connectivity index (χ3n) is 5.43. The van der Waals surface area contributed by atoms with E-state index in [4.69, 9.17) is 46.4 Å². The van der Waals surface area contributed by atoms with Crippen LogP contribution in [-0.4, -0.2) is 23.5 Å². The lowest BCUT2D eigenvalue weighted by Gasteiger charge is -2.13. The lowest BCUT2D eigenvalue weighted by Crippen LogP contribution is -2.30. The number of hydrogen-bond donors (Lipinski definition) is 3. The number of nitrogens with one attached hydrogen (secondary N) is 3. The quantitative estimate of drug-likeness (QED) is 0.126. The van der Waals surface area contributed by atoms with Crippen molar-refractivity contribution in [2.75, 3.05) is 16.4 Å². The second kappa shape index (κ2) is 14.4. The lowest BCUT2D eigenvalue weighted by atomic mass is 10.1. The first-order chi connectivity index (χ1) is 19.7. The summed E-state index contributed by atoms with van der Waals surface area (Å²) < 4.78 is 0. The van der Waals surface area contributed by atoms with Gasteiger partial charge in [-0.05, 0) is 66.7 Å². The minimum atomic E-state index is -0.594. The van der Waals surface area contributed by atoms with Crippen LogP contribution in [0.1, 0.15) is 15.9 Å². The average molecular weight is 645 g/mol. The van der Waals surface area contributed by atoms with Crippen molar-refractivity contribution in [2.24, 2.45) is 0 Å². The predicted molar refractivity (Wildman–Crippen MR) is 169 cm³/mol. The van der Waals surface area contributed by atoms with Crippen LogP contribution in [-0.2, 0) is 9.59 Å². The molecule has 0 saturated heterocycles. The number of anilines is 2. The van der Waals surface area contributed by atoms with Crippen LogP contribution in [0, 0.1) is 0 Å². The Labute approximate surface area is 261 Å². The van der Waals surface area contributed by atoms with E-state index in [1.54, 1.807) is 91.0 Å². The minimum absolute atomic E-state index is 0.0635. The predicted octanol–water partition coefficient (Wildman–Crippen LogP) is 8.44. The van der Waals surface area contributed by atoms with E-state index in [1.165, 1.54) is 17.8 Å². The van der Waals surface area contributed by atoms with E-state index < -0.39 is 11.8 Å². The molecule has 4 rings (SSSR count). The van der Waals surface area contributed by atoms with E-state index >= 15 is 0 Å². The molecule has 0 aliphatic rings. The molecule has 6 nitrogen and oxygen atoms in total. The summed E-state index contributed by atoms with van der Waals surface area (Å²) in [5.41, 5.74) is 1.63. The van der Waals surface area contributed by atoms with E-state index in [2.05, 4.69) is 16.0 Å². The topological polar surface area (TPSA) is 87.3 Å². The zero-order valence-corrected chi connectivity index (χ0v) is 24.9. The summed E-state index contributed by atoms with van der Waals surface area (Å²) in [4.78, 5) is 39.4. The van der Waals surface area contributed by atoms with Gasteiger partial charge in [0.1, 0.15) is 5.70 Å². The normalized spacial score (nSPS) is 11.1. The molecule has 4 aromatic rings. The van der Waals surface area contributed by atoms with Gasteiger partial charge in [0, 0.05) is 47.5 Å². The molecule has 11 heteroatoms. The van der Waals surface area contributed by atoms with Crippen LogP contribution in [0.3, 0.4) is 0 Å². The zero-order chi connectivity index (χ0) is 29.4. The Bertz CT molecular complexity index is 1590. The Morgan fingerprint density at radius 2 is 1.37 bits per heavy atom. The van der Waals surface area contributed by atoms with Crippen LogP contribution in [0.4, 0.5) is 11.4 Å². The summed E-state index contributed by atoms with van der Waals surface area (Å²) in [6.07, 6.45) is 1.42. The van der Waals surface area contributed by atoms with E-state index in [1.807, 2.05) is 0 Å². The molecule has 0 aliphatic carbocycles. The molecule has 0 unspecified atom stereocenters. The van der Waals surface area contributed by atoms with Gasteiger partial charge in [-0.15, -0.1) is 11.8 Å². The number of rotatable bonds is 9.